The maximum absolute atomic E-state index is 11.1. The lowest BCUT2D eigenvalue weighted by Crippen LogP contribution is -2.43. The third kappa shape index (κ3) is 6.04. The summed E-state index contributed by atoms with van der Waals surface area (Å²) in [6.07, 6.45) is 8.88. The molecule has 5 nitrogen and oxygen atoms in total. The Labute approximate surface area is 171 Å². The Morgan fingerprint density at radius 2 is 2.04 bits per heavy atom. The van der Waals surface area contributed by atoms with E-state index in [2.05, 4.69) is 48.5 Å². The summed E-state index contributed by atoms with van der Waals surface area (Å²) in [4.78, 5) is 13.6. The first kappa shape index (κ1) is 21.9. The molecule has 150 valence electrons. The summed E-state index contributed by atoms with van der Waals surface area (Å²) >= 11 is 1.77. The van der Waals surface area contributed by atoms with Crippen LogP contribution >= 0.6 is 11.8 Å². The van der Waals surface area contributed by atoms with E-state index in [1.807, 2.05) is 13.1 Å². The van der Waals surface area contributed by atoms with Crippen molar-refractivity contribution in [2.75, 3.05) is 12.4 Å². The number of likely N-dealkylation sites (N-methyl/N-ethyl adjacent to an activating group) is 1. The van der Waals surface area contributed by atoms with Crippen LogP contribution in [0.3, 0.4) is 0 Å². The number of thioether (sulfide) groups is 1. The molecule has 0 saturated heterocycles. The van der Waals surface area contributed by atoms with Crippen LogP contribution in [0.5, 0.6) is 0 Å². The van der Waals surface area contributed by atoms with Crippen molar-refractivity contribution in [1.82, 2.24) is 10.6 Å². The van der Waals surface area contributed by atoms with Gasteiger partial charge in [-0.3, -0.25) is 5.32 Å². The zero-order valence-corrected chi connectivity index (χ0v) is 17.5. The summed E-state index contributed by atoms with van der Waals surface area (Å²) in [6, 6.07) is 6.76. The highest BCUT2D eigenvalue weighted by Gasteiger charge is 2.18. The van der Waals surface area contributed by atoms with E-state index in [1.54, 1.807) is 36.0 Å². The van der Waals surface area contributed by atoms with Gasteiger partial charge in [0.05, 0.1) is 5.56 Å². The maximum atomic E-state index is 11.1. The van der Waals surface area contributed by atoms with Gasteiger partial charge in [-0.1, -0.05) is 36.9 Å². The van der Waals surface area contributed by atoms with Crippen LogP contribution in [-0.4, -0.2) is 24.3 Å². The van der Waals surface area contributed by atoms with Crippen molar-refractivity contribution >= 4 is 23.4 Å². The Morgan fingerprint density at radius 1 is 1.32 bits per heavy atom. The van der Waals surface area contributed by atoms with Crippen LogP contribution in [0.25, 0.3) is 0 Å². The molecular formula is C22H29N3O2S. The molecule has 1 aliphatic heterocycles. The summed E-state index contributed by atoms with van der Waals surface area (Å²) in [5.41, 5.74) is 2.30. The summed E-state index contributed by atoms with van der Waals surface area (Å²) < 4.78 is 0. The highest BCUT2D eigenvalue weighted by atomic mass is 32.2. The van der Waals surface area contributed by atoms with Crippen molar-refractivity contribution in [2.24, 2.45) is 0 Å². The maximum Gasteiger partial charge on any atom is 0.335 e. The van der Waals surface area contributed by atoms with Gasteiger partial charge in [-0.05, 0) is 68.0 Å². The lowest BCUT2D eigenvalue weighted by molar-refractivity contribution is 0.0697. The lowest BCUT2D eigenvalue weighted by atomic mass is 10.1. The minimum absolute atomic E-state index is 0.0270. The van der Waals surface area contributed by atoms with E-state index in [9.17, 15) is 4.79 Å². The van der Waals surface area contributed by atoms with E-state index in [0.717, 1.165) is 30.8 Å². The second kappa shape index (κ2) is 10.8. The van der Waals surface area contributed by atoms with E-state index in [-0.39, 0.29) is 11.7 Å². The van der Waals surface area contributed by atoms with Gasteiger partial charge < -0.3 is 15.7 Å². The standard InChI is InChI=1S/C22H29N3O2S/c1-5-8-16(6-2)20(24-18-13-11-17(12-14-18)22(26)27)25-21(23-4)19-10-7-9-15(3)28-19/h5,9-14,21,23-25H,1,6-8H2,2-4H3,(H,26,27)/b20-16+. The number of aromatic carboxylic acids is 1. The van der Waals surface area contributed by atoms with Crippen molar-refractivity contribution in [3.63, 3.8) is 0 Å². The first-order valence-electron chi connectivity index (χ1n) is 9.40. The highest BCUT2D eigenvalue weighted by molar-refractivity contribution is 8.06. The number of allylic oxidation sites excluding steroid dienone is 5. The molecule has 1 aromatic rings. The normalized spacial score (nSPS) is 15.7. The Kier molecular flexibility index (Phi) is 8.42. The van der Waals surface area contributed by atoms with E-state index in [1.165, 1.54) is 15.4 Å². The van der Waals surface area contributed by atoms with Crippen LogP contribution in [0.1, 0.15) is 43.5 Å². The monoisotopic (exact) mass is 399 g/mol. The molecule has 2 rings (SSSR count). The van der Waals surface area contributed by atoms with Crippen LogP contribution in [0.4, 0.5) is 5.69 Å². The molecule has 0 amide bonds. The Bertz CT molecular complexity index is 795. The predicted molar refractivity (Wildman–Crippen MR) is 119 cm³/mol. The number of rotatable bonds is 10. The van der Waals surface area contributed by atoms with Gasteiger partial charge in [0.1, 0.15) is 12.0 Å². The van der Waals surface area contributed by atoms with Crippen molar-refractivity contribution < 1.29 is 9.90 Å². The first-order valence-corrected chi connectivity index (χ1v) is 10.2. The fourth-order valence-electron chi connectivity index (χ4n) is 2.88. The molecule has 0 fully saturated rings. The minimum atomic E-state index is -0.929. The average molecular weight is 400 g/mol. The summed E-state index contributed by atoms with van der Waals surface area (Å²) in [5.74, 6) is -0.0141. The minimum Gasteiger partial charge on any atom is -0.478 e. The average Bonchev–Trinajstić information content (AvgIpc) is 2.69. The third-order valence-electron chi connectivity index (χ3n) is 4.44. The topological polar surface area (TPSA) is 73.4 Å². The van der Waals surface area contributed by atoms with Gasteiger partial charge in [-0.25, -0.2) is 4.79 Å². The van der Waals surface area contributed by atoms with Gasteiger partial charge in [0.25, 0.3) is 0 Å². The number of nitrogens with one attached hydrogen (secondary N) is 3. The van der Waals surface area contributed by atoms with Gasteiger partial charge >= 0.3 is 5.97 Å². The molecular weight excluding hydrogens is 370 g/mol. The lowest BCUT2D eigenvalue weighted by Gasteiger charge is -2.27. The quantitative estimate of drug-likeness (QED) is 0.326. The first-order chi connectivity index (χ1) is 13.5. The largest absolute Gasteiger partial charge is 0.478 e. The van der Waals surface area contributed by atoms with Crippen LogP contribution in [0.15, 0.2) is 70.3 Å². The van der Waals surface area contributed by atoms with E-state index in [0.29, 0.717) is 0 Å². The van der Waals surface area contributed by atoms with Crippen LogP contribution in [0.2, 0.25) is 0 Å². The molecule has 1 heterocycles. The van der Waals surface area contributed by atoms with Crippen molar-refractivity contribution in [3.05, 3.63) is 75.8 Å². The van der Waals surface area contributed by atoms with E-state index in [4.69, 9.17) is 5.11 Å². The molecule has 0 saturated carbocycles. The van der Waals surface area contributed by atoms with Gasteiger partial charge in [-0.2, -0.15) is 0 Å². The van der Waals surface area contributed by atoms with Gasteiger partial charge in [0.15, 0.2) is 0 Å². The second-order valence-electron chi connectivity index (χ2n) is 6.46. The number of carbonyl (C=O) groups is 1. The molecule has 28 heavy (non-hydrogen) atoms. The molecule has 6 heteroatoms. The van der Waals surface area contributed by atoms with Gasteiger partial charge in [0.2, 0.25) is 0 Å². The number of hydrogen-bond acceptors (Lipinski definition) is 5. The Hall–Kier alpha value is -2.44. The Morgan fingerprint density at radius 3 is 2.57 bits per heavy atom. The summed E-state index contributed by atoms with van der Waals surface area (Å²) in [5, 5.41) is 19.5. The zero-order chi connectivity index (χ0) is 20.5. The van der Waals surface area contributed by atoms with Crippen molar-refractivity contribution in [2.45, 2.75) is 39.3 Å². The van der Waals surface area contributed by atoms with Gasteiger partial charge in [0, 0.05) is 10.6 Å². The van der Waals surface area contributed by atoms with E-state index < -0.39 is 5.97 Å². The Balaban J connectivity index is 2.27. The fraction of sp³-hybridized carbons (Fsp3) is 0.318. The molecule has 0 spiro atoms. The highest BCUT2D eigenvalue weighted by Crippen LogP contribution is 2.32. The number of anilines is 1. The molecule has 1 aliphatic rings. The number of benzene rings is 1. The summed E-state index contributed by atoms with van der Waals surface area (Å²) in [7, 11) is 1.94. The third-order valence-corrected chi connectivity index (χ3v) is 5.56. The molecule has 1 atom stereocenters. The smallest absolute Gasteiger partial charge is 0.335 e. The molecule has 0 bridgehead atoms. The van der Waals surface area contributed by atoms with Crippen molar-refractivity contribution in [3.8, 4) is 0 Å². The van der Waals surface area contributed by atoms with Gasteiger partial charge in [-0.15, -0.1) is 6.58 Å². The van der Waals surface area contributed by atoms with E-state index >= 15 is 0 Å². The number of carboxylic acids is 1. The molecule has 1 aromatic carbocycles. The number of carboxylic acid groups (broad SMARTS) is 1. The van der Waals surface area contributed by atoms with Crippen LogP contribution < -0.4 is 16.0 Å². The second-order valence-corrected chi connectivity index (χ2v) is 7.78. The molecule has 0 aliphatic carbocycles. The molecule has 4 N–H and O–H groups in total. The number of hydrogen-bond donors (Lipinski definition) is 4. The summed E-state index contributed by atoms with van der Waals surface area (Å²) in [6.45, 7) is 8.11. The zero-order valence-electron chi connectivity index (χ0n) is 16.7. The molecule has 0 radical (unpaired) electrons. The van der Waals surface area contributed by atoms with Crippen LogP contribution in [0, 0.1) is 0 Å². The molecule has 1 unspecified atom stereocenters. The molecule has 0 aromatic heterocycles. The predicted octanol–water partition coefficient (Wildman–Crippen LogP) is 5.05. The fourth-order valence-corrected chi connectivity index (χ4v) is 3.91. The van der Waals surface area contributed by atoms with Crippen LogP contribution in [-0.2, 0) is 0 Å². The van der Waals surface area contributed by atoms with Crippen molar-refractivity contribution in [1.29, 1.82) is 0 Å². The SMILES string of the molecule is C=CC/C(CC)=C(\Nc1ccc(C(=O)O)cc1)NC(NC)C1=CCC=C(C)S1.